The molecule has 0 saturated carbocycles. The molecule has 0 aromatic heterocycles. The van der Waals surface area contributed by atoms with Gasteiger partial charge < -0.3 is 10.5 Å². The molecule has 1 atom stereocenters. The minimum Gasteiger partial charge on any atom is -0.445 e. The Kier molecular flexibility index (Phi) is 3.76. The van der Waals surface area contributed by atoms with Crippen LogP contribution in [-0.4, -0.2) is 36.7 Å². The van der Waals surface area contributed by atoms with Crippen LogP contribution in [0.4, 0.5) is 4.79 Å². The van der Waals surface area contributed by atoms with Gasteiger partial charge in [0.05, 0.1) is 0 Å². The third kappa shape index (κ3) is 3.46. The maximum absolute atomic E-state index is 10.5. The van der Waals surface area contributed by atoms with E-state index in [9.17, 15) is 4.79 Å². The number of nitrogens with zero attached hydrogens (tertiary/aromatic N) is 1. The summed E-state index contributed by atoms with van der Waals surface area (Å²) in [5.74, 6) is 0. The Morgan fingerprint density at radius 1 is 1.77 bits per heavy atom. The zero-order chi connectivity index (χ0) is 9.68. The van der Waals surface area contributed by atoms with E-state index in [1.54, 1.807) is 0 Å². The number of rotatable bonds is 3. The lowest BCUT2D eigenvalue weighted by atomic mass is 10.1. The number of carbonyl (C=O) groups excluding carboxylic acids is 1. The Hall–Kier alpha value is -1.03. The van der Waals surface area contributed by atoms with Crippen LogP contribution in [0.2, 0.25) is 0 Å². The lowest BCUT2D eigenvalue weighted by Crippen LogP contribution is -2.41. The summed E-state index contributed by atoms with van der Waals surface area (Å²) >= 11 is 0. The lowest BCUT2D eigenvalue weighted by Gasteiger charge is -2.30. The average molecular weight is 184 g/mol. The first kappa shape index (κ1) is 10.1. The molecule has 1 saturated heterocycles. The fourth-order valence-electron chi connectivity index (χ4n) is 1.62. The number of piperidine rings is 1. The van der Waals surface area contributed by atoms with Crippen molar-refractivity contribution in [1.82, 2.24) is 4.90 Å². The van der Waals surface area contributed by atoms with Gasteiger partial charge in [-0.1, -0.05) is 6.08 Å². The highest BCUT2D eigenvalue weighted by molar-refractivity contribution is 5.64. The molecule has 0 bridgehead atoms. The highest BCUT2D eigenvalue weighted by Gasteiger charge is 2.20. The molecule has 1 fully saturated rings. The summed E-state index contributed by atoms with van der Waals surface area (Å²) in [4.78, 5) is 12.7. The van der Waals surface area contributed by atoms with Gasteiger partial charge in [0.1, 0.15) is 6.10 Å². The van der Waals surface area contributed by atoms with Gasteiger partial charge in [0.25, 0.3) is 0 Å². The number of amides is 1. The van der Waals surface area contributed by atoms with Crippen LogP contribution >= 0.6 is 0 Å². The van der Waals surface area contributed by atoms with Gasteiger partial charge in [-0.15, -0.1) is 6.58 Å². The maximum Gasteiger partial charge on any atom is 0.404 e. The third-order valence-electron chi connectivity index (χ3n) is 2.13. The molecule has 0 unspecified atom stereocenters. The number of nitrogens with two attached hydrogens (primary N) is 1. The summed E-state index contributed by atoms with van der Waals surface area (Å²) in [6.45, 7) is 6.33. The number of hydrogen-bond acceptors (Lipinski definition) is 3. The SMILES string of the molecule is C=CCN1CCC[C@H](OC(N)=O)C1. The van der Waals surface area contributed by atoms with Crippen molar-refractivity contribution in [3.8, 4) is 0 Å². The molecule has 1 amide bonds. The Labute approximate surface area is 78.3 Å². The Morgan fingerprint density at radius 2 is 2.54 bits per heavy atom. The van der Waals surface area contributed by atoms with Crippen molar-refractivity contribution in [3.63, 3.8) is 0 Å². The van der Waals surface area contributed by atoms with Gasteiger partial charge in [-0.25, -0.2) is 4.79 Å². The molecular weight excluding hydrogens is 168 g/mol. The summed E-state index contributed by atoms with van der Waals surface area (Å²) < 4.78 is 4.93. The summed E-state index contributed by atoms with van der Waals surface area (Å²) in [7, 11) is 0. The number of primary amides is 1. The minimum atomic E-state index is -0.676. The van der Waals surface area contributed by atoms with Gasteiger partial charge in [-0.3, -0.25) is 4.90 Å². The zero-order valence-electron chi connectivity index (χ0n) is 7.74. The van der Waals surface area contributed by atoms with E-state index in [1.165, 1.54) is 0 Å². The molecule has 74 valence electrons. The predicted molar refractivity (Wildman–Crippen MR) is 50.3 cm³/mol. The highest BCUT2D eigenvalue weighted by Crippen LogP contribution is 2.12. The monoisotopic (exact) mass is 184 g/mol. The van der Waals surface area contributed by atoms with E-state index >= 15 is 0 Å². The molecule has 2 N–H and O–H groups in total. The lowest BCUT2D eigenvalue weighted by molar-refractivity contribution is 0.0516. The molecule has 1 rings (SSSR count). The molecule has 0 aliphatic carbocycles. The van der Waals surface area contributed by atoms with Gasteiger partial charge in [0, 0.05) is 13.1 Å². The molecule has 0 spiro atoms. The van der Waals surface area contributed by atoms with E-state index in [0.717, 1.165) is 32.5 Å². The van der Waals surface area contributed by atoms with Crippen molar-refractivity contribution in [1.29, 1.82) is 0 Å². The second-order valence-electron chi connectivity index (χ2n) is 3.25. The molecule has 1 heterocycles. The first-order valence-electron chi connectivity index (χ1n) is 4.51. The van der Waals surface area contributed by atoms with Crippen molar-refractivity contribution in [2.24, 2.45) is 5.73 Å². The van der Waals surface area contributed by atoms with Gasteiger partial charge in [0.15, 0.2) is 0 Å². The van der Waals surface area contributed by atoms with Crippen LogP contribution < -0.4 is 5.73 Å². The predicted octanol–water partition coefficient (Wildman–Crippen LogP) is 0.732. The molecular formula is C9H16N2O2. The van der Waals surface area contributed by atoms with Crippen molar-refractivity contribution in [2.45, 2.75) is 18.9 Å². The molecule has 0 radical (unpaired) electrons. The maximum atomic E-state index is 10.5. The summed E-state index contributed by atoms with van der Waals surface area (Å²) in [5, 5.41) is 0. The zero-order valence-corrected chi connectivity index (χ0v) is 7.74. The van der Waals surface area contributed by atoms with E-state index in [1.807, 2.05) is 6.08 Å². The van der Waals surface area contributed by atoms with E-state index in [0.29, 0.717) is 0 Å². The molecule has 0 aromatic carbocycles. The van der Waals surface area contributed by atoms with Gasteiger partial charge in [-0.05, 0) is 19.4 Å². The van der Waals surface area contributed by atoms with Crippen LogP contribution in [0.5, 0.6) is 0 Å². The molecule has 1 aliphatic heterocycles. The topological polar surface area (TPSA) is 55.6 Å². The van der Waals surface area contributed by atoms with E-state index in [2.05, 4.69) is 11.5 Å². The van der Waals surface area contributed by atoms with Crippen molar-refractivity contribution >= 4 is 6.09 Å². The number of likely N-dealkylation sites (tertiary alicyclic amines) is 1. The van der Waals surface area contributed by atoms with E-state index in [4.69, 9.17) is 10.5 Å². The highest BCUT2D eigenvalue weighted by atomic mass is 16.6. The number of hydrogen-bond donors (Lipinski definition) is 1. The average Bonchev–Trinajstić information content (AvgIpc) is 2.04. The van der Waals surface area contributed by atoms with Gasteiger partial charge in [-0.2, -0.15) is 0 Å². The van der Waals surface area contributed by atoms with Crippen molar-refractivity contribution < 1.29 is 9.53 Å². The van der Waals surface area contributed by atoms with E-state index in [-0.39, 0.29) is 6.10 Å². The quantitative estimate of drug-likeness (QED) is 0.658. The second kappa shape index (κ2) is 4.87. The first-order chi connectivity index (χ1) is 6.22. The smallest absolute Gasteiger partial charge is 0.404 e. The third-order valence-corrected chi connectivity index (χ3v) is 2.13. The molecule has 4 nitrogen and oxygen atoms in total. The first-order valence-corrected chi connectivity index (χ1v) is 4.51. The summed E-state index contributed by atoms with van der Waals surface area (Å²) in [5.41, 5.74) is 4.94. The van der Waals surface area contributed by atoms with Crippen LogP contribution in [0, 0.1) is 0 Å². The summed E-state index contributed by atoms with van der Waals surface area (Å²) in [6.07, 6.45) is 3.10. The fraction of sp³-hybridized carbons (Fsp3) is 0.667. The summed E-state index contributed by atoms with van der Waals surface area (Å²) in [6, 6.07) is 0. The van der Waals surface area contributed by atoms with Gasteiger partial charge >= 0.3 is 6.09 Å². The molecule has 13 heavy (non-hydrogen) atoms. The second-order valence-corrected chi connectivity index (χ2v) is 3.25. The van der Waals surface area contributed by atoms with Crippen molar-refractivity contribution in [3.05, 3.63) is 12.7 Å². The van der Waals surface area contributed by atoms with Crippen molar-refractivity contribution in [2.75, 3.05) is 19.6 Å². The molecule has 0 aromatic rings. The fourth-order valence-corrected chi connectivity index (χ4v) is 1.62. The van der Waals surface area contributed by atoms with Crippen LogP contribution in [0.1, 0.15) is 12.8 Å². The Bertz CT molecular complexity index is 194. The normalized spacial score (nSPS) is 23.8. The van der Waals surface area contributed by atoms with Crippen LogP contribution in [0.15, 0.2) is 12.7 Å². The number of ether oxygens (including phenoxy) is 1. The largest absolute Gasteiger partial charge is 0.445 e. The number of carbonyl (C=O) groups is 1. The Morgan fingerprint density at radius 3 is 3.15 bits per heavy atom. The van der Waals surface area contributed by atoms with Crippen LogP contribution in [-0.2, 0) is 4.74 Å². The van der Waals surface area contributed by atoms with Crippen LogP contribution in [0.3, 0.4) is 0 Å². The Balaban J connectivity index is 2.32. The molecule has 1 aliphatic rings. The van der Waals surface area contributed by atoms with Gasteiger partial charge in [0.2, 0.25) is 0 Å². The standard InChI is InChI=1S/C9H16N2O2/c1-2-5-11-6-3-4-8(7-11)13-9(10)12/h2,8H,1,3-7H2,(H2,10,12)/t8-/m0/s1. The van der Waals surface area contributed by atoms with Crippen LogP contribution in [0.25, 0.3) is 0 Å². The molecule has 4 heteroatoms. The minimum absolute atomic E-state index is 0.0359. The van der Waals surface area contributed by atoms with E-state index < -0.39 is 6.09 Å².